The second kappa shape index (κ2) is 6.15. The van der Waals surface area contributed by atoms with Gasteiger partial charge in [0, 0.05) is 11.4 Å². The predicted octanol–water partition coefficient (Wildman–Crippen LogP) is 5.23. The quantitative estimate of drug-likeness (QED) is 0.822. The Morgan fingerprint density at radius 2 is 1.68 bits per heavy atom. The van der Waals surface area contributed by atoms with Gasteiger partial charge in [-0.2, -0.15) is 0 Å². The Morgan fingerprint density at radius 1 is 1.00 bits per heavy atom. The summed E-state index contributed by atoms with van der Waals surface area (Å²) in [5.41, 5.74) is 2.45. The Kier molecular flexibility index (Phi) is 4.75. The minimum Gasteiger partial charge on any atom is -0.388 e. The average Bonchev–Trinajstić information content (AvgIpc) is 2.38. The van der Waals surface area contributed by atoms with E-state index in [1.165, 1.54) is 0 Å². The lowest BCUT2D eigenvalue weighted by Crippen LogP contribution is -2.04. The zero-order chi connectivity index (χ0) is 14.0. The molecule has 2 rings (SSSR count). The van der Waals surface area contributed by atoms with Gasteiger partial charge < -0.3 is 5.11 Å². The maximum atomic E-state index is 10.3. The van der Waals surface area contributed by atoms with E-state index in [1.807, 2.05) is 37.3 Å². The van der Waals surface area contributed by atoms with Gasteiger partial charge >= 0.3 is 0 Å². The number of aliphatic hydroxyl groups excluding tert-OH is 1. The molecule has 2 aromatic carbocycles. The third kappa shape index (κ3) is 3.24. The lowest BCUT2D eigenvalue weighted by atomic mass is 10.00. The molecule has 4 heteroatoms. The molecule has 0 bridgehead atoms. The standard InChI is InChI=1S/C15H13Cl3O/c1-9-4-2-6-11(14(9)17)13(19)8-10-5-3-7-12(16)15(10)18/h2-7,13,19H,8H2,1H3. The first-order valence-corrected chi connectivity index (χ1v) is 7.00. The van der Waals surface area contributed by atoms with Crippen LogP contribution < -0.4 is 0 Å². The smallest absolute Gasteiger partial charge is 0.0845 e. The summed E-state index contributed by atoms with van der Waals surface area (Å²) in [4.78, 5) is 0. The van der Waals surface area contributed by atoms with Gasteiger partial charge in [0.05, 0.1) is 16.1 Å². The largest absolute Gasteiger partial charge is 0.388 e. The van der Waals surface area contributed by atoms with Crippen molar-refractivity contribution in [3.63, 3.8) is 0 Å². The normalized spacial score (nSPS) is 12.5. The van der Waals surface area contributed by atoms with Crippen LogP contribution in [0.3, 0.4) is 0 Å². The van der Waals surface area contributed by atoms with Crippen LogP contribution in [0.15, 0.2) is 36.4 Å². The van der Waals surface area contributed by atoms with Crippen molar-refractivity contribution in [1.29, 1.82) is 0 Å². The van der Waals surface area contributed by atoms with E-state index in [9.17, 15) is 5.11 Å². The monoisotopic (exact) mass is 314 g/mol. The first-order chi connectivity index (χ1) is 9.00. The highest BCUT2D eigenvalue weighted by Gasteiger charge is 2.15. The Morgan fingerprint density at radius 3 is 2.42 bits per heavy atom. The van der Waals surface area contributed by atoms with Crippen LogP contribution in [0.25, 0.3) is 0 Å². The third-order valence-electron chi connectivity index (χ3n) is 3.03. The SMILES string of the molecule is Cc1cccc(C(O)Cc2cccc(Cl)c2Cl)c1Cl. The lowest BCUT2D eigenvalue weighted by Gasteiger charge is -2.15. The summed E-state index contributed by atoms with van der Waals surface area (Å²) >= 11 is 18.3. The van der Waals surface area contributed by atoms with Crippen LogP contribution in [0.2, 0.25) is 15.1 Å². The van der Waals surface area contributed by atoms with Crippen molar-refractivity contribution in [3.8, 4) is 0 Å². The van der Waals surface area contributed by atoms with Crippen LogP contribution in [-0.4, -0.2) is 5.11 Å². The Labute approximate surface area is 127 Å². The van der Waals surface area contributed by atoms with Crippen LogP contribution in [0.1, 0.15) is 22.8 Å². The Hall–Kier alpha value is -0.730. The Balaban J connectivity index is 2.28. The number of halogens is 3. The summed E-state index contributed by atoms with van der Waals surface area (Å²) < 4.78 is 0. The molecule has 100 valence electrons. The molecule has 0 aliphatic rings. The van der Waals surface area contributed by atoms with Gasteiger partial charge in [0.15, 0.2) is 0 Å². The van der Waals surface area contributed by atoms with Crippen LogP contribution >= 0.6 is 34.8 Å². The van der Waals surface area contributed by atoms with E-state index in [2.05, 4.69) is 0 Å². The van der Waals surface area contributed by atoms with Gasteiger partial charge in [-0.3, -0.25) is 0 Å². The number of hydrogen-bond donors (Lipinski definition) is 1. The molecule has 0 aliphatic heterocycles. The van der Waals surface area contributed by atoms with Crippen molar-refractivity contribution in [2.45, 2.75) is 19.4 Å². The zero-order valence-electron chi connectivity index (χ0n) is 10.3. The molecular weight excluding hydrogens is 303 g/mol. The second-order valence-electron chi connectivity index (χ2n) is 4.41. The van der Waals surface area contributed by atoms with Crippen LogP contribution in [0.5, 0.6) is 0 Å². The first-order valence-electron chi connectivity index (χ1n) is 5.86. The average molecular weight is 316 g/mol. The van der Waals surface area contributed by atoms with Crippen molar-refractivity contribution in [3.05, 3.63) is 68.2 Å². The molecule has 0 saturated heterocycles. The van der Waals surface area contributed by atoms with E-state index in [0.717, 1.165) is 11.1 Å². The van der Waals surface area contributed by atoms with Crippen LogP contribution in [-0.2, 0) is 6.42 Å². The molecule has 0 heterocycles. The van der Waals surface area contributed by atoms with E-state index in [0.29, 0.717) is 27.1 Å². The third-order valence-corrected chi connectivity index (χ3v) is 4.40. The van der Waals surface area contributed by atoms with Crippen molar-refractivity contribution in [2.24, 2.45) is 0 Å². The minimum absolute atomic E-state index is 0.378. The molecule has 0 aromatic heterocycles. The van der Waals surface area contributed by atoms with Gasteiger partial charge in [-0.05, 0) is 29.7 Å². The molecule has 1 atom stereocenters. The summed E-state index contributed by atoms with van der Waals surface area (Å²) in [5.74, 6) is 0. The molecule has 19 heavy (non-hydrogen) atoms. The fourth-order valence-electron chi connectivity index (χ4n) is 1.95. The maximum absolute atomic E-state index is 10.3. The number of rotatable bonds is 3. The van der Waals surface area contributed by atoms with Gasteiger partial charge in [0.2, 0.25) is 0 Å². The second-order valence-corrected chi connectivity index (χ2v) is 5.57. The summed E-state index contributed by atoms with van der Waals surface area (Å²) in [6.07, 6.45) is -0.328. The number of aliphatic hydroxyl groups is 1. The van der Waals surface area contributed by atoms with Gasteiger partial charge in [-0.25, -0.2) is 0 Å². The molecule has 0 radical (unpaired) electrons. The molecule has 1 N–H and O–H groups in total. The van der Waals surface area contributed by atoms with Crippen molar-refractivity contribution in [1.82, 2.24) is 0 Å². The molecule has 0 aliphatic carbocycles. The predicted molar refractivity (Wildman–Crippen MR) is 81.3 cm³/mol. The molecular formula is C15H13Cl3O. The van der Waals surface area contributed by atoms with Gasteiger partial charge in [0.1, 0.15) is 0 Å². The van der Waals surface area contributed by atoms with Crippen LogP contribution in [0, 0.1) is 6.92 Å². The Bertz CT molecular complexity index is 596. The lowest BCUT2D eigenvalue weighted by molar-refractivity contribution is 0.178. The van der Waals surface area contributed by atoms with Gasteiger partial charge in [-0.15, -0.1) is 0 Å². The number of hydrogen-bond acceptors (Lipinski definition) is 1. The fraction of sp³-hybridized carbons (Fsp3) is 0.200. The molecule has 1 unspecified atom stereocenters. The van der Waals surface area contributed by atoms with Gasteiger partial charge in [0.25, 0.3) is 0 Å². The number of aryl methyl sites for hydroxylation is 1. The molecule has 1 nitrogen and oxygen atoms in total. The van der Waals surface area contributed by atoms with Crippen molar-refractivity contribution in [2.75, 3.05) is 0 Å². The first kappa shape index (κ1) is 14.7. The molecule has 2 aromatic rings. The fourth-order valence-corrected chi connectivity index (χ4v) is 2.60. The molecule has 0 amide bonds. The van der Waals surface area contributed by atoms with E-state index in [-0.39, 0.29) is 0 Å². The maximum Gasteiger partial charge on any atom is 0.0845 e. The van der Waals surface area contributed by atoms with Crippen molar-refractivity contribution >= 4 is 34.8 Å². The summed E-state index contributed by atoms with van der Waals surface area (Å²) in [6, 6.07) is 11.0. The summed E-state index contributed by atoms with van der Waals surface area (Å²) in [7, 11) is 0. The minimum atomic E-state index is -0.705. The van der Waals surface area contributed by atoms with Gasteiger partial charge in [-0.1, -0.05) is 65.1 Å². The molecule has 0 spiro atoms. The van der Waals surface area contributed by atoms with E-state index in [1.54, 1.807) is 6.07 Å². The highest BCUT2D eigenvalue weighted by atomic mass is 35.5. The van der Waals surface area contributed by atoms with Crippen molar-refractivity contribution < 1.29 is 5.11 Å². The molecule has 0 fully saturated rings. The van der Waals surface area contributed by atoms with E-state index >= 15 is 0 Å². The van der Waals surface area contributed by atoms with Crippen LogP contribution in [0.4, 0.5) is 0 Å². The highest BCUT2D eigenvalue weighted by Crippen LogP contribution is 2.32. The summed E-state index contributed by atoms with van der Waals surface area (Å²) in [6.45, 7) is 1.91. The van der Waals surface area contributed by atoms with E-state index < -0.39 is 6.10 Å². The zero-order valence-corrected chi connectivity index (χ0v) is 12.6. The molecule has 0 saturated carbocycles. The van der Waals surface area contributed by atoms with E-state index in [4.69, 9.17) is 34.8 Å². The topological polar surface area (TPSA) is 20.2 Å². The highest BCUT2D eigenvalue weighted by molar-refractivity contribution is 6.42. The summed E-state index contributed by atoms with van der Waals surface area (Å²) in [5, 5.41) is 11.9. The number of benzene rings is 2.